The van der Waals surface area contributed by atoms with Gasteiger partial charge in [-0.2, -0.15) is 0 Å². The van der Waals surface area contributed by atoms with E-state index in [1.807, 2.05) is 41.1 Å². The van der Waals surface area contributed by atoms with Crippen molar-refractivity contribution < 1.29 is 14.7 Å². The second-order valence-electron chi connectivity index (χ2n) is 5.30. The maximum atomic E-state index is 11.9. The topological polar surface area (TPSA) is 71.3 Å². The van der Waals surface area contributed by atoms with Crippen LogP contribution in [-0.2, 0) is 16.1 Å². The van der Waals surface area contributed by atoms with Crippen LogP contribution in [0.1, 0.15) is 20.3 Å². The number of nitrogens with zero attached hydrogens (tertiary/aromatic N) is 1. The molecule has 0 aliphatic rings. The van der Waals surface area contributed by atoms with Crippen LogP contribution in [0.4, 0.5) is 0 Å². The summed E-state index contributed by atoms with van der Waals surface area (Å²) in [5, 5.41) is 12.8. The van der Waals surface area contributed by atoms with Gasteiger partial charge in [-0.1, -0.05) is 18.2 Å². The van der Waals surface area contributed by atoms with Gasteiger partial charge in [0.2, 0.25) is 5.91 Å². The number of hydrogen-bond acceptors (Lipinski definition) is 2. The number of nitrogens with one attached hydrogen (secondary N) is 1. The molecule has 0 saturated heterocycles. The van der Waals surface area contributed by atoms with Gasteiger partial charge in [0.1, 0.15) is 0 Å². The lowest BCUT2D eigenvalue weighted by Crippen LogP contribution is -2.40. The average molecular weight is 288 g/mol. The van der Waals surface area contributed by atoms with Crippen LogP contribution in [0.5, 0.6) is 0 Å². The zero-order valence-corrected chi connectivity index (χ0v) is 12.2. The molecule has 1 aromatic heterocycles. The van der Waals surface area contributed by atoms with Gasteiger partial charge in [0.05, 0.1) is 5.92 Å². The summed E-state index contributed by atoms with van der Waals surface area (Å²) >= 11 is 0. The van der Waals surface area contributed by atoms with Crippen molar-refractivity contribution in [1.82, 2.24) is 9.88 Å². The molecule has 0 spiro atoms. The molecule has 1 amide bonds. The molecule has 1 heterocycles. The summed E-state index contributed by atoms with van der Waals surface area (Å²) in [7, 11) is 0. The van der Waals surface area contributed by atoms with Gasteiger partial charge < -0.3 is 15.0 Å². The van der Waals surface area contributed by atoms with Crippen molar-refractivity contribution in [1.29, 1.82) is 0 Å². The third-order valence-corrected chi connectivity index (χ3v) is 3.79. The molecule has 2 aromatic rings. The Morgan fingerprint density at radius 1 is 1.24 bits per heavy atom. The zero-order chi connectivity index (χ0) is 15.4. The van der Waals surface area contributed by atoms with E-state index in [-0.39, 0.29) is 11.9 Å². The fraction of sp³-hybridized carbons (Fsp3) is 0.375. The third-order valence-electron chi connectivity index (χ3n) is 3.79. The molecule has 2 unspecified atom stereocenters. The van der Waals surface area contributed by atoms with Gasteiger partial charge in [-0.25, -0.2) is 0 Å². The molecule has 2 N–H and O–H groups in total. The number of carboxylic acids is 1. The lowest BCUT2D eigenvalue weighted by atomic mass is 10.0. The number of rotatable bonds is 6. The molecule has 21 heavy (non-hydrogen) atoms. The lowest BCUT2D eigenvalue weighted by molar-refractivity contribution is -0.142. The number of para-hydroxylation sites is 1. The Morgan fingerprint density at radius 2 is 1.95 bits per heavy atom. The number of carbonyl (C=O) groups is 2. The maximum Gasteiger partial charge on any atom is 0.308 e. The molecule has 0 aliphatic carbocycles. The van der Waals surface area contributed by atoms with E-state index in [4.69, 9.17) is 5.11 Å². The van der Waals surface area contributed by atoms with Crippen molar-refractivity contribution in [3.05, 3.63) is 36.5 Å². The van der Waals surface area contributed by atoms with Crippen molar-refractivity contribution in [2.24, 2.45) is 5.92 Å². The Bertz CT molecular complexity index is 648. The highest BCUT2D eigenvalue weighted by Crippen LogP contribution is 2.15. The minimum absolute atomic E-state index is 0.131. The van der Waals surface area contributed by atoms with Gasteiger partial charge in [0.15, 0.2) is 0 Å². The van der Waals surface area contributed by atoms with E-state index < -0.39 is 11.9 Å². The highest BCUT2D eigenvalue weighted by Gasteiger charge is 2.20. The van der Waals surface area contributed by atoms with Crippen LogP contribution in [0.15, 0.2) is 36.5 Å². The second-order valence-corrected chi connectivity index (χ2v) is 5.30. The molecule has 0 bridgehead atoms. The number of benzene rings is 1. The van der Waals surface area contributed by atoms with E-state index in [0.29, 0.717) is 13.0 Å². The van der Waals surface area contributed by atoms with Crippen molar-refractivity contribution in [2.75, 3.05) is 0 Å². The van der Waals surface area contributed by atoms with Crippen molar-refractivity contribution in [2.45, 2.75) is 32.9 Å². The quantitative estimate of drug-likeness (QED) is 0.856. The van der Waals surface area contributed by atoms with Crippen molar-refractivity contribution >= 4 is 22.8 Å². The van der Waals surface area contributed by atoms with Crippen molar-refractivity contribution in [3.63, 3.8) is 0 Å². The summed E-state index contributed by atoms with van der Waals surface area (Å²) in [5.74, 6) is -1.63. The molecule has 0 saturated carbocycles. The minimum Gasteiger partial charge on any atom is -0.481 e. The average Bonchev–Trinajstić information content (AvgIpc) is 2.87. The molecular weight excluding hydrogens is 268 g/mol. The standard InChI is InChI=1S/C16H20N2O3/c1-11(16(20)21)12(2)17-15(19)8-10-18-9-7-13-5-3-4-6-14(13)18/h3-7,9,11-12H,8,10H2,1-2H3,(H,17,19)(H,20,21). The number of aryl methyl sites for hydroxylation is 1. The number of fused-ring (bicyclic) bond motifs is 1. The summed E-state index contributed by atoms with van der Waals surface area (Å²) in [6.07, 6.45) is 2.29. The summed E-state index contributed by atoms with van der Waals surface area (Å²) < 4.78 is 2.03. The number of aliphatic carboxylic acids is 1. The molecule has 2 rings (SSSR count). The normalized spacial score (nSPS) is 13.8. The molecule has 1 aromatic carbocycles. The van der Waals surface area contributed by atoms with Gasteiger partial charge in [-0.3, -0.25) is 9.59 Å². The van der Waals surface area contributed by atoms with Gasteiger partial charge in [0.25, 0.3) is 0 Å². The van der Waals surface area contributed by atoms with Crippen LogP contribution in [0.3, 0.4) is 0 Å². The number of carbonyl (C=O) groups excluding carboxylic acids is 1. The monoisotopic (exact) mass is 288 g/mol. The van der Waals surface area contributed by atoms with Crippen LogP contribution in [-0.4, -0.2) is 27.6 Å². The van der Waals surface area contributed by atoms with Gasteiger partial charge in [0, 0.05) is 30.7 Å². The maximum absolute atomic E-state index is 11.9. The van der Waals surface area contributed by atoms with Gasteiger partial charge >= 0.3 is 5.97 Å². The first-order chi connectivity index (χ1) is 9.99. The largest absolute Gasteiger partial charge is 0.481 e. The second kappa shape index (κ2) is 6.43. The first-order valence-corrected chi connectivity index (χ1v) is 7.05. The third kappa shape index (κ3) is 3.62. The Morgan fingerprint density at radius 3 is 2.67 bits per heavy atom. The molecule has 112 valence electrons. The van der Waals surface area contributed by atoms with E-state index in [1.54, 1.807) is 13.8 Å². The predicted molar refractivity (Wildman–Crippen MR) is 81.0 cm³/mol. The van der Waals surface area contributed by atoms with E-state index in [9.17, 15) is 9.59 Å². The first-order valence-electron chi connectivity index (χ1n) is 7.05. The highest BCUT2D eigenvalue weighted by molar-refractivity contribution is 5.81. The number of hydrogen-bond donors (Lipinski definition) is 2. The van der Waals surface area contributed by atoms with Crippen LogP contribution in [0, 0.1) is 5.92 Å². The molecule has 0 aliphatic heterocycles. The number of amides is 1. The number of carboxylic acid groups (broad SMARTS) is 1. The predicted octanol–water partition coefficient (Wildman–Crippen LogP) is 2.26. The van der Waals surface area contributed by atoms with E-state index in [1.165, 1.54) is 0 Å². The minimum atomic E-state index is -0.904. The van der Waals surface area contributed by atoms with Crippen LogP contribution >= 0.6 is 0 Å². The molecule has 5 heteroatoms. The van der Waals surface area contributed by atoms with Crippen molar-refractivity contribution in [3.8, 4) is 0 Å². The highest BCUT2D eigenvalue weighted by atomic mass is 16.4. The fourth-order valence-corrected chi connectivity index (χ4v) is 2.22. The smallest absolute Gasteiger partial charge is 0.308 e. The first kappa shape index (κ1) is 15.1. The van der Waals surface area contributed by atoms with Gasteiger partial charge in [-0.05, 0) is 31.4 Å². The molecule has 0 radical (unpaired) electrons. The Kier molecular flexibility index (Phi) is 4.62. The summed E-state index contributed by atoms with van der Waals surface area (Å²) in [4.78, 5) is 22.8. The Labute approximate surface area is 123 Å². The number of aromatic nitrogens is 1. The summed E-state index contributed by atoms with van der Waals surface area (Å²) in [6.45, 7) is 3.88. The van der Waals surface area contributed by atoms with Gasteiger partial charge in [-0.15, -0.1) is 0 Å². The van der Waals surface area contributed by atoms with Crippen LogP contribution in [0.25, 0.3) is 10.9 Å². The van der Waals surface area contributed by atoms with E-state index in [2.05, 4.69) is 5.32 Å². The van der Waals surface area contributed by atoms with Crippen LogP contribution in [0.2, 0.25) is 0 Å². The Balaban J connectivity index is 1.91. The van der Waals surface area contributed by atoms with E-state index in [0.717, 1.165) is 10.9 Å². The molecule has 5 nitrogen and oxygen atoms in total. The lowest BCUT2D eigenvalue weighted by Gasteiger charge is -2.17. The van der Waals surface area contributed by atoms with Crippen LogP contribution < -0.4 is 5.32 Å². The Hall–Kier alpha value is -2.30. The summed E-state index contributed by atoms with van der Waals surface area (Å²) in [5.41, 5.74) is 1.09. The molecule has 0 fully saturated rings. The molecular formula is C16H20N2O3. The fourth-order valence-electron chi connectivity index (χ4n) is 2.22. The zero-order valence-electron chi connectivity index (χ0n) is 12.2. The SMILES string of the molecule is CC(NC(=O)CCn1ccc2ccccc21)C(C)C(=O)O. The summed E-state index contributed by atoms with van der Waals surface area (Å²) in [6, 6.07) is 9.63. The van der Waals surface area contributed by atoms with E-state index >= 15 is 0 Å². The molecule has 2 atom stereocenters.